The van der Waals surface area contributed by atoms with Crippen molar-refractivity contribution in [3.8, 4) is 11.5 Å². The SMILES string of the molecule is COc1ccc(CNC(=O)[C@H](CSCC2CCCCC2)NC(=O)[C@@H]2CSCN2C(=O)OC(C)(C)C)cc1O. The summed E-state index contributed by atoms with van der Waals surface area (Å²) in [4.78, 5) is 40.6. The van der Waals surface area contributed by atoms with Gasteiger partial charge in [0.2, 0.25) is 11.8 Å². The smallest absolute Gasteiger partial charge is 0.411 e. The molecular formula is C27H41N3O6S2. The van der Waals surface area contributed by atoms with Crippen molar-refractivity contribution in [2.75, 3.05) is 30.2 Å². The van der Waals surface area contributed by atoms with Crippen LogP contribution in [0.4, 0.5) is 4.79 Å². The van der Waals surface area contributed by atoms with Gasteiger partial charge in [0.05, 0.1) is 13.0 Å². The molecule has 11 heteroatoms. The van der Waals surface area contributed by atoms with Crippen molar-refractivity contribution < 1.29 is 29.0 Å². The van der Waals surface area contributed by atoms with Gasteiger partial charge < -0.3 is 25.2 Å². The van der Waals surface area contributed by atoms with E-state index in [4.69, 9.17) is 9.47 Å². The van der Waals surface area contributed by atoms with E-state index in [0.29, 0.717) is 34.6 Å². The number of thioether (sulfide) groups is 2. The van der Waals surface area contributed by atoms with Crippen LogP contribution in [0.25, 0.3) is 0 Å². The molecule has 1 saturated carbocycles. The lowest BCUT2D eigenvalue weighted by atomic mass is 9.91. The van der Waals surface area contributed by atoms with Crippen LogP contribution < -0.4 is 15.4 Å². The summed E-state index contributed by atoms with van der Waals surface area (Å²) < 4.78 is 10.6. The molecule has 2 aliphatic rings. The van der Waals surface area contributed by atoms with E-state index in [1.54, 1.807) is 50.7 Å². The number of phenolic OH excluding ortho intramolecular Hbond substituents is 1. The summed E-state index contributed by atoms with van der Waals surface area (Å²) in [5.74, 6) is 2.52. The summed E-state index contributed by atoms with van der Waals surface area (Å²) in [5, 5.41) is 15.8. The van der Waals surface area contributed by atoms with Gasteiger partial charge in [-0.05, 0) is 63.0 Å². The number of aromatic hydroxyl groups is 1. The molecule has 1 aliphatic carbocycles. The number of methoxy groups -OCH3 is 1. The Hall–Kier alpha value is -2.27. The molecule has 0 bridgehead atoms. The first-order valence-electron chi connectivity index (χ1n) is 13.2. The Labute approximate surface area is 234 Å². The molecule has 2 atom stereocenters. The van der Waals surface area contributed by atoms with Gasteiger partial charge in [0.15, 0.2) is 11.5 Å². The molecule has 1 heterocycles. The van der Waals surface area contributed by atoms with E-state index < -0.39 is 23.8 Å². The van der Waals surface area contributed by atoms with Crippen LogP contribution in [0.15, 0.2) is 18.2 Å². The zero-order valence-electron chi connectivity index (χ0n) is 22.8. The number of ether oxygens (including phenoxy) is 2. The molecule has 0 radical (unpaired) electrons. The van der Waals surface area contributed by atoms with Crippen LogP contribution in [-0.4, -0.2) is 75.8 Å². The third-order valence-corrected chi connectivity index (χ3v) is 8.81. The first-order chi connectivity index (χ1) is 18.1. The minimum absolute atomic E-state index is 0.00638. The topological polar surface area (TPSA) is 117 Å². The average Bonchev–Trinajstić information content (AvgIpc) is 3.37. The lowest BCUT2D eigenvalue weighted by Gasteiger charge is -2.28. The Morgan fingerprint density at radius 1 is 1.21 bits per heavy atom. The van der Waals surface area contributed by atoms with Gasteiger partial charge in [-0.3, -0.25) is 14.5 Å². The second-order valence-electron chi connectivity index (χ2n) is 10.8. The highest BCUT2D eigenvalue weighted by Gasteiger charge is 2.38. The van der Waals surface area contributed by atoms with Crippen molar-refractivity contribution in [3.05, 3.63) is 23.8 Å². The standard InChI is InChI=1S/C27H41N3O6S2/c1-27(2,3)36-26(34)30-17-38-16-21(30)25(33)29-20(15-37-14-18-8-6-5-7-9-18)24(32)28-13-19-10-11-23(35-4)22(31)12-19/h10-12,18,20-21,31H,5-9,13-17H2,1-4H3,(H,28,32)(H,29,33)/t20-,21-/m0/s1. The summed E-state index contributed by atoms with van der Waals surface area (Å²) >= 11 is 3.16. The van der Waals surface area contributed by atoms with Crippen LogP contribution >= 0.6 is 23.5 Å². The molecule has 3 rings (SSSR count). The van der Waals surface area contributed by atoms with Gasteiger partial charge in [-0.15, -0.1) is 11.8 Å². The summed E-state index contributed by atoms with van der Waals surface area (Å²) in [6, 6.07) is 3.48. The average molecular weight is 568 g/mol. The molecular weight excluding hydrogens is 526 g/mol. The molecule has 1 aromatic rings. The molecule has 1 saturated heterocycles. The van der Waals surface area contributed by atoms with Crippen LogP contribution in [-0.2, 0) is 20.9 Å². The Bertz CT molecular complexity index is 965. The molecule has 1 aliphatic heterocycles. The van der Waals surface area contributed by atoms with Gasteiger partial charge >= 0.3 is 6.09 Å². The van der Waals surface area contributed by atoms with E-state index in [1.165, 1.54) is 55.9 Å². The van der Waals surface area contributed by atoms with Gasteiger partial charge in [0, 0.05) is 18.1 Å². The maximum absolute atomic E-state index is 13.3. The second kappa shape index (κ2) is 14.2. The summed E-state index contributed by atoms with van der Waals surface area (Å²) in [5.41, 5.74) is 0.0410. The number of carbonyl (C=O) groups is 3. The fourth-order valence-electron chi connectivity index (χ4n) is 4.48. The van der Waals surface area contributed by atoms with Gasteiger partial charge in [0.25, 0.3) is 0 Å². The van der Waals surface area contributed by atoms with Gasteiger partial charge in [-0.2, -0.15) is 11.8 Å². The highest BCUT2D eigenvalue weighted by molar-refractivity contribution is 7.99. The number of rotatable bonds is 10. The Morgan fingerprint density at radius 2 is 1.95 bits per heavy atom. The quantitative estimate of drug-likeness (QED) is 0.387. The van der Waals surface area contributed by atoms with Crippen LogP contribution in [0.3, 0.4) is 0 Å². The molecule has 1 aromatic carbocycles. The van der Waals surface area contributed by atoms with E-state index in [-0.39, 0.29) is 24.1 Å². The lowest BCUT2D eigenvalue weighted by Crippen LogP contribution is -2.55. The third-order valence-electron chi connectivity index (χ3n) is 6.52. The summed E-state index contributed by atoms with van der Waals surface area (Å²) in [6.45, 7) is 5.56. The molecule has 0 aromatic heterocycles. The summed E-state index contributed by atoms with van der Waals surface area (Å²) in [7, 11) is 1.47. The van der Waals surface area contributed by atoms with E-state index >= 15 is 0 Å². The Morgan fingerprint density at radius 3 is 2.61 bits per heavy atom. The lowest BCUT2D eigenvalue weighted by molar-refractivity contribution is -0.130. The number of benzene rings is 1. The first-order valence-corrected chi connectivity index (χ1v) is 15.5. The summed E-state index contributed by atoms with van der Waals surface area (Å²) in [6.07, 6.45) is 5.68. The molecule has 0 spiro atoms. The van der Waals surface area contributed by atoms with E-state index in [0.717, 1.165) is 5.75 Å². The van der Waals surface area contributed by atoms with Crippen molar-refractivity contribution in [2.24, 2.45) is 5.92 Å². The molecule has 2 fully saturated rings. The third kappa shape index (κ3) is 9.18. The largest absolute Gasteiger partial charge is 0.504 e. The number of nitrogens with zero attached hydrogens (tertiary/aromatic N) is 1. The van der Waals surface area contributed by atoms with Crippen molar-refractivity contribution in [1.29, 1.82) is 0 Å². The fraction of sp³-hybridized carbons (Fsp3) is 0.667. The van der Waals surface area contributed by atoms with Gasteiger partial charge in [-0.1, -0.05) is 25.3 Å². The van der Waals surface area contributed by atoms with Crippen molar-refractivity contribution in [3.63, 3.8) is 0 Å². The predicted octanol–water partition coefficient (Wildman–Crippen LogP) is 4.13. The van der Waals surface area contributed by atoms with Gasteiger partial charge in [0.1, 0.15) is 17.7 Å². The molecule has 3 amide bonds. The number of carbonyl (C=O) groups excluding carboxylic acids is 3. The molecule has 0 unspecified atom stereocenters. The van der Waals surface area contributed by atoms with Crippen molar-refractivity contribution in [2.45, 2.75) is 77.1 Å². The second-order valence-corrected chi connectivity index (χ2v) is 12.9. The first kappa shape index (κ1) is 30.3. The molecule has 9 nitrogen and oxygen atoms in total. The predicted molar refractivity (Wildman–Crippen MR) is 152 cm³/mol. The van der Waals surface area contributed by atoms with Crippen LogP contribution in [0.2, 0.25) is 0 Å². The maximum atomic E-state index is 13.3. The van der Waals surface area contributed by atoms with Crippen LogP contribution in [0, 0.1) is 5.92 Å². The number of phenols is 1. The van der Waals surface area contributed by atoms with E-state index in [1.807, 2.05) is 0 Å². The minimum atomic E-state index is -0.756. The number of hydrogen-bond acceptors (Lipinski definition) is 8. The van der Waals surface area contributed by atoms with Crippen LogP contribution in [0.1, 0.15) is 58.4 Å². The van der Waals surface area contributed by atoms with E-state index in [2.05, 4.69) is 10.6 Å². The zero-order chi connectivity index (χ0) is 27.7. The molecule has 38 heavy (non-hydrogen) atoms. The molecule has 3 N–H and O–H groups in total. The number of amides is 3. The number of hydrogen-bond donors (Lipinski definition) is 3. The normalized spacial score (nSPS) is 19.1. The number of nitrogens with one attached hydrogen (secondary N) is 2. The fourth-order valence-corrected chi connectivity index (χ4v) is 6.89. The van der Waals surface area contributed by atoms with Crippen molar-refractivity contribution in [1.82, 2.24) is 15.5 Å². The molecule has 212 valence electrons. The zero-order valence-corrected chi connectivity index (χ0v) is 24.4. The Kier molecular flexibility index (Phi) is 11.3. The van der Waals surface area contributed by atoms with Crippen LogP contribution in [0.5, 0.6) is 11.5 Å². The minimum Gasteiger partial charge on any atom is -0.504 e. The van der Waals surface area contributed by atoms with Crippen molar-refractivity contribution >= 4 is 41.4 Å². The highest BCUT2D eigenvalue weighted by atomic mass is 32.2. The maximum Gasteiger partial charge on any atom is 0.411 e. The van der Waals surface area contributed by atoms with E-state index in [9.17, 15) is 19.5 Å². The van der Waals surface area contributed by atoms with Gasteiger partial charge in [-0.25, -0.2) is 4.79 Å². The Balaban J connectivity index is 1.63. The highest BCUT2D eigenvalue weighted by Crippen LogP contribution is 2.28. The monoisotopic (exact) mass is 567 g/mol.